The summed E-state index contributed by atoms with van der Waals surface area (Å²) in [5.41, 5.74) is 6.00. The molecular formula is C11H22N2O2. The van der Waals surface area contributed by atoms with Gasteiger partial charge >= 0.3 is 0 Å². The molecule has 0 aliphatic carbocycles. The highest BCUT2D eigenvalue weighted by atomic mass is 16.5. The molecule has 0 aromatic carbocycles. The quantitative estimate of drug-likeness (QED) is 0.719. The van der Waals surface area contributed by atoms with Crippen molar-refractivity contribution in [2.75, 3.05) is 19.8 Å². The average molecular weight is 214 g/mol. The molecule has 0 spiro atoms. The van der Waals surface area contributed by atoms with Crippen LogP contribution in [-0.4, -0.2) is 31.7 Å². The molecule has 2 atom stereocenters. The summed E-state index contributed by atoms with van der Waals surface area (Å²) in [6.07, 6.45) is 0.974. The van der Waals surface area contributed by atoms with Crippen LogP contribution in [0.5, 0.6) is 0 Å². The van der Waals surface area contributed by atoms with E-state index in [1.807, 2.05) is 0 Å². The molecule has 1 amide bonds. The monoisotopic (exact) mass is 214 g/mol. The molecular weight excluding hydrogens is 192 g/mol. The molecule has 1 rings (SSSR count). The van der Waals surface area contributed by atoms with Crippen molar-refractivity contribution in [3.8, 4) is 0 Å². The van der Waals surface area contributed by atoms with Crippen LogP contribution in [0.25, 0.3) is 0 Å². The predicted octanol–water partition coefficient (Wildman–Crippen LogP) is 0.513. The van der Waals surface area contributed by atoms with Crippen molar-refractivity contribution in [3.63, 3.8) is 0 Å². The molecule has 3 N–H and O–H groups in total. The Labute approximate surface area is 91.5 Å². The van der Waals surface area contributed by atoms with Gasteiger partial charge in [0.25, 0.3) is 0 Å². The van der Waals surface area contributed by atoms with Crippen LogP contribution in [0.1, 0.15) is 27.2 Å². The highest BCUT2D eigenvalue weighted by molar-refractivity contribution is 5.79. The molecule has 0 aromatic rings. The van der Waals surface area contributed by atoms with Crippen molar-refractivity contribution >= 4 is 5.91 Å². The minimum absolute atomic E-state index is 0.0317. The van der Waals surface area contributed by atoms with E-state index in [1.165, 1.54) is 0 Å². The van der Waals surface area contributed by atoms with Crippen LogP contribution in [-0.2, 0) is 9.53 Å². The Morgan fingerprint density at radius 2 is 2.13 bits per heavy atom. The Balaban J connectivity index is 2.24. The Hall–Kier alpha value is -0.610. The van der Waals surface area contributed by atoms with Gasteiger partial charge < -0.3 is 15.8 Å². The van der Waals surface area contributed by atoms with Gasteiger partial charge in [0.05, 0.1) is 19.1 Å². The lowest BCUT2D eigenvalue weighted by atomic mass is 9.92. The second-order valence-corrected chi connectivity index (χ2v) is 5.41. The van der Waals surface area contributed by atoms with Gasteiger partial charge in [-0.25, -0.2) is 0 Å². The highest BCUT2D eigenvalue weighted by Crippen LogP contribution is 2.17. The molecule has 2 unspecified atom stereocenters. The standard InChI is InChI=1S/C11H22N2O2/c1-11(2,3)4-5-13-10(14)8-6-15-7-9(8)12/h8-9H,4-7,12H2,1-3H3,(H,13,14). The molecule has 1 aliphatic rings. The highest BCUT2D eigenvalue weighted by Gasteiger charge is 2.31. The lowest BCUT2D eigenvalue weighted by molar-refractivity contribution is -0.125. The molecule has 0 radical (unpaired) electrons. The maximum absolute atomic E-state index is 11.7. The minimum Gasteiger partial charge on any atom is -0.379 e. The molecule has 1 saturated heterocycles. The predicted molar refractivity (Wildman–Crippen MR) is 59.4 cm³/mol. The molecule has 1 fully saturated rings. The lowest BCUT2D eigenvalue weighted by Crippen LogP contribution is -2.41. The van der Waals surface area contributed by atoms with Crippen molar-refractivity contribution in [2.45, 2.75) is 33.2 Å². The topological polar surface area (TPSA) is 64.3 Å². The number of hydrogen-bond acceptors (Lipinski definition) is 3. The largest absolute Gasteiger partial charge is 0.379 e. The number of rotatable bonds is 3. The molecule has 0 aromatic heterocycles. The number of carbonyl (C=O) groups excluding carboxylic acids is 1. The zero-order chi connectivity index (χ0) is 11.5. The molecule has 0 bridgehead atoms. The Morgan fingerprint density at radius 3 is 2.60 bits per heavy atom. The van der Waals surface area contributed by atoms with Crippen molar-refractivity contribution in [3.05, 3.63) is 0 Å². The van der Waals surface area contributed by atoms with Gasteiger partial charge in [-0.1, -0.05) is 20.8 Å². The smallest absolute Gasteiger partial charge is 0.227 e. The number of nitrogens with one attached hydrogen (secondary N) is 1. The molecule has 1 aliphatic heterocycles. The average Bonchev–Trinajstić information content (AvgIpc) is 2.48. The van der Waals surface area contributed by atoms with E-state index in [0.717, 1.165) is 6.42 Å². The first-order chi connectivity index (χ1) is 6.90. The van der Waals surface area contributed by atoms with Gasteiger partial charge in [0.2, 0.25) is 5.91 Å². The lowest BCUT2D eigenvalue weighted by Gasteiger charge is -2.19. The fourth-order valence-electron chi connectivity index (χ4n) is 1.53. The normalized spacial score (nSPS) is 26.7. The molecule has 4 nitrogen and oxygen atoms in total. The number of amides is 1. The Morgan fingerprint density at radius 1 is 1.47 bits per heavy atom. The molecule has 0 saturated carbocycles. The summed E-state index contributed by atoms with van der Waals surface area (Å²) in [6.45, 7) is 8.14. The summed E-state index contributed by atoms with van der Waals surface area (Å²) in [6, 6.07) is -0.139. The maximum Gasteiger partial charge on any atom is 0.227 e. The Bertz CT molecular complexity index is 223. The third-order valence-corrected chi connectivity index (χ3v) is 2.64. The summed E-state index contributed by atoms with van der Waals surface area (Å²) < 4.78 is 5.15. The van der Waals surface area contributed by atoms with Crippen molar-refractivity contribution in [2.24, 2.45) is 17.1 Å². The fourth-order valence-corrected chi connectivity index (χ4v) is 1.53. The second kappa shape index (κ2) is 4.94. The maximum atomic E-state index is 11.7. The minimum atomic E-state index is -0.162. The molecule has 15 heavy (non-hydrogen) atoms. The van der Waals surface area contributed by atoms with E-state index in [2.05, 4.69) is 26.1 Å². The van der Waals surface area contributed by atoms with Crippen molar-refractivity contribution in [1.82, 2.24) is 5.32 Å². The van der Waals surface area contributed by atoms with E-state index in [4.69, 9.17) is 10.5 Å². The third-order valence-electron chi connectivity index (χ3n) is 2.64. The van der Waals surface area contributed by atoms with Gasteiger partial charge in [-0.05, 0) is 11.8 Å². The van der Waals surface area contributed by atoms with Crippen LogP contribution in [0.15, 0.2) is 0 Å². The Kier molecular flexibility index (Phi) is 4.11. The number of hydrogen-bond donors (Lipinski definition) is 2. The van der Waals surface area contributed by atoms with Crippen LogP contribution in [0, 0.1) is 11.3 Å². The van der Waals surface area contributed by atoms with E-state index >= 15 is 0 Å². The first-order valence-corrected chi connectivity index (χ1v) is 5.51. The summed E-state index contributed by atoms with van der Waals surface area (Å²) in [7, 11) is 0. The van der Waals surface area contributed by atoms with Gasteiger partial charge in [-0.2, -0.15) is 0 Å². The summed E-state index contributed by atoms with van der Waals surface area (Å²) in [4.78, 5) is 11.7. The van der Waals surface area contributed by atoms with E-state index in [9.17, 15) is 4.79 Å². The van der Waals surface area contributed by atoms with Gasteiger partial charge in [0.1, 0.15) is 0 Å². The zero-order valence-electron chi connectivity index (χ0n) is 9.88. The molecule has 1 heterocycles. The van der Waals surface area contributed by atoms with Crippen LogP contribution in [0.3, 0.4) is 0 Å². The van der Waals surface area contributed by atoms with E-state index in [0.29, 0.717) is 19.8 Å². The summed E-state index contributed by atoms with van der Waals surface area (Å²) >= 11 is 0. The number of nitrogens with two attached hydrogens (primary N) is 1. The van der Waals surface area contributed by atoms with Crippen molar-refractivity contribution < 1.29 is 9.53 Å². The SMILES string of the molecule is CC(C)(C)CCNC(=O)C1COCC1N. The molecule has 88 valence electrons. The zero-order valence-corrected chi connectivity index (χ0v) is 9.88. The first kappa shape index (κ1) is 12.5. The van der Waals surface area contributed by atoms with E-state index in [-0.39, 0.29) is 23.3 Å². The van der Waals surface area contributed by atoms with Gasteiger partial charge in [0.15, 0.2) is 0 Å². The van der Waals surface area contributed by atoms with Crippen LogP contribution >= 0.6 is 0 Å². The van der Waals surface area contributed by atoms with Crippen LogP contribution in [0.4, 0.5) is 0 Å². The van der Waals surface area contributed by atoms with Crippen LogP contribution < -0.4 is 11.1 Å². The first-order valence-electron chi connectivity index (χ1n) is 5.51. The number of ether oxygens (including phenoxy) is 1. The van der Waals surface area contributed by atoms with Crippen LogP contribution in [0.2, 0.25) is 0 Å². The van der Waals surface area contributed by atoms with E-state index in [1.54, 1.807) is 0 Å². The van der Waals surface area contributed by atoms with E-state index < -0.39 is 0 Å². The third kappa shape index (κ3) is 4.18. The van der Waals surface area contributed by atoms with Crippen molar-refractivity contribution in [1.29, 1.82) is 0 Å². The fraction of sp³-hybridized carbons (Fsp3) is 0.909. The summed E-state index contributed by atoms with van der Waals surface area (Å²) in [5, 5.41) is 2.91. The number of carbonyl (C=O) groups is 1. The van der Waals surface area contributed by atoms with Gasteiger partial charge in [-0.15, -0.1) is 0 Å². The van der Waals surface area contributed by atoms with Gasteiger partial charge in [0, 0.05) is 12.6 Å². The second-order valence-electron chi connectivity index (χ2n) is 5.41. The summed E-state index contributed by atoms with van der Waals surface area (Å²) in [5.74, 6) is -0.130. The molecule has 4 heteroatoms. The van der Waals surface area contributed by atoms with Gasteiger partial charge in [-0.3, -0.25) is 4.79 Å².